The third-order valence-corrected chi connectivity index (χ3v) is 5.30. The highest BCUT2D eigenvalue weighted by Gasteiger charge is 2.21. The third kappa shape index (κ3) is 9.41. The first kappa shape index (κ1) is 27.2. The molecule has 1 aliphatic rings. The van der Waals surface area contributed by atoms with Crippen molar-refractivity contribution in [1.82, 2.24) is 19.7 Å². The van der Waals surface area contributed by atoms with E-state index in [9.17, 15) is 34.5 Å². The summed E-state index contributed by atoms with van der Waals surface area (Å²) in [6, 6.07) is 3.33. The van der Waals surface area contributed by atoms with Gasteiger partial charge in [0.25, 0.3) is 0 Å². The monoisotopic (exact) mass is 480 g/mol. The molecule has 2 rings (SSSR count). The zero-order valence-electron chi connectivity index (χ0n) is 19.5. The summed E-state index contributed by atoms with van der Waals surface area (Å²) in [6.45, 7) is 3.99. The molecule has 1 aromatic rings. The second-order valence-electron chi connectivity index (χ2n) is 8.54. The number of aromatic nitrogens is 1. The highest BCUT2D eigenvalue weighted by molar-refractivity contribution is 5.81. The maximum atomic E-state index is 12.0. The normalized spacial score (nSPS) is 16.4. The number of hydrogen-bond donors (Lipinski definition) is 3. The number of ketones is 1. The molecule has 2 bridgehead atoms. The Labute approximate surface area is 197 Å². The second kappa shape index (κ2) is 13.0. The van der Waals surface area contributed by atoms with Gasteiger partial charge >= 0.3 is 17.9 Å². The summed E-state index contributed by atoms with van der Waals surface area (Å²) in [4.78, 5) is 55.6. The van der Waals surface area contributed by atoms with E-state index in [2.05, 4.69) is 4.98 Å². The number of carboxylic acid groups (broad SMARTS) is 3. The number of aliphatic carboxylic acids is 3. The van der Waals surface area contributed by atoms with Gasteiger partial charge in [-0.05, 0) is 12.1 Å². The molecule has 2 heterocycles. The summed E-state index contributed by atoms with van der Waals surface area (Å²) in [5.41, 5.74) is 0.982. The average Bonchev–Trinajstić information content (AvgIpc) is 2.72. The maximum absolute atomic E-state index is 12.0. The molecule has 12 nitrogen and oxygen atoms in total. The van der Waals surface area contributed by atoms with Gasteiger partial charge in [-0.1, -0.05) is 13.8 Å². The fourth-order valence-corrected chi connectivity index (χ4v) is 3.46. The summed E-state index contributed by atoms with van der Waals surface area (Å²) in [6.07, 6.45) is 0. The van der Waals surface area contributed by atoms with E-state index in [-0.39, 0.29) is 70.7 Å². The number of carbonyl (C=O) groups is 4. The standard InChI is InChI=1S/C22H32N4O8/c1-15(2)18(27)14-34-19-4-3-16-9-25(12-21(30)31)7-5-24(11-20(28)29)6-8-26(13-22(32)33)10-17(19)23-16/h3-4,15H,5-14H2,1-2H3,(H,28,29)(H,30,31)(H,32,33). The average molecular weight is 481 g/mol. The molecule has 0 aromatic carbocycles. The topological polar surface area (TPSA) is 161 Å². The fraction of sp³-hybridized carbons (Fsp3) is 0.591. The van der Waals surface area contributed by atoms with Crippen LogP contribution in [0.2, 0.25) is 0 Å². The molecule has 0 spiro atoms. The van der Waals surface area contributed by atoms with Crippen molar-refractivity contribution in [2.75, 3.05) is 52.4 Å². The lowest BCUT2D eigenvalue weighted by molar-refractivity contribution is -0.140. The zero-order valence-corrected chi connectivity index (χ0v) is 19.5. The minimum Gasteiger partial charge on any atom is -0.484 e. The molecule has 0 aliphatic carbocycles. The molecule has 1 aromatic heterocycles. The van der Waals surface area contributed by atoms with Gasteiger partial charge in [0, 0.05) is 45.2 Å². The van der Waals surface area contributed by atoms with E-state index in [1.54, 1.807) is 40.7 Å². The Balaban J connectivity index is 2.37. The van der Waals surface area contributed by atoms with Crippen molar-refractivity contribution in [3.05, 3.63) is 23.5 Å². The van der Waals surface area contributed by atoms with Crippen LogP contribution in [-0.4, -0.2) is 111 Å². The molecule has 0 radical (unpaired) electrons. The molecule has 0 amide bonds. The Hall–Kier alpha value is -3.09. The summed E-state index contributed by atoms with van der Waals surface area (Å²) in [7, 11) is 0. The third-order valence-electron chi connectivity index (χ3n) is 5.30. The number of carbonyl (C=O) groups excluding carboxylic acids is 1. The highest BCUT2D eigenvalue weighted by atomic mass is 16.5. The first-order valence-corrected chi connectivity index (χ1v) is 11.0. The molecule has 3 N–H and O–H groups in total. The molecule has 12 heteroatoms. The van der Waals surface area contributed by atoms with Gasteiger partial charge in [0.1, 0.15) is 12.4 Å². The molecular formula is C22H32N4O8. The maximum Gasteiger partial charge on any atom is 0.317 e. The van der Waals surface area contributed by atoms with E-state index < -0.39 is 17.9 Å². The van der Waals surface area contributed by atoms with Crippen LogP contribution in [0, 0.1) is 5.92 Å². The van der Waals surface area contributed by atoms with Crippen LogP contribution in [0.25, 0.3) is 0 Å². The predicted molar refractivity (Wildman–Crippen MR) is 119 cm³/mol. The summed E-state index contributed by atoms with van der Waals surface area (Å²) < 4.78 is 5.70. The van der Waals surface area contributed by atoms with Crippen molar-refractivity contribution in [2.24, 2.45) is 5.92 Å². The molecule has 0 atom stereocenters. The summed E-state index contributed by atoms with van der Waals surface area (Å²) >= 11 is 0. The van der Waals surface area contributed by atoms with Crippen LogP contribution in [0.15, 0.2) is 12.1 Å². The first-order chi connectivity index (χ1) is 16.0. The summed E-state index contributed by atoms with van der Waals surface area (Å²) in [5, 5.41) is 27.9. The minimum atomic E-state index is -1.04. The van der Waals surface area contributed by atoms with E-state index in [1.807, 2.05) is 0 Å². The lowest BCUT2D eigenvalue weighted by atomic mass is 10.1. The van der Waals surface area contributed by atoms with Gasteiger partial charge in [-0.15, -0.1) is 0 Å². The Kier molecular flexibility index (Phi) is 10.4. The van der Waals surface area contributed by atoms with Crippen molar-refractivity contribution in [2.45, 2.75) is 26.9 Å². The minimum absolute atomic E-state index is 0.0937. The van der Waals surface area contributed by atoms with Crippen LogP contribution in [-0.2, 0) is 32.3 Å². The van der Waals surface area contributed by atoms with E-state index in [0.29, 0.717) is 23.7 Å². The van der Waals surface area contributed by atoms with Crippen molar-refractivity contribution in [3.63, 3.8) is 0 Å². The van der Waals surface area contributed by atoms with Crippen molar-refractivity contribution in [1.29, 1.82) is 0 Å². The number of rotatable bonds is 10. The second-order valence-corrected chi connectivity index (χ2v) is 8.54. The molecular weight excluding hydrogens is 448 g/mol. The van der Waals surface area contributed by atoms with Gasteiger partial charge in [0.15, 0.2) is 5.78 Å². The fourth-order valence-electron chi connectivity index (χ4n) is 3.46. The van der Waals surface area contributed by atoms with Gasteiger partial charge < -0.3 is 20.1 Å². The number of Topliss-reactive ketones (excluding diaryl/α,β-unsaturated/α-hetero) is 1. The van der Waals surface area contributed by atoms with Crippen molar-refractivity contribution < 1.29 is 39.2 Å². The van der Waals surface area contributed by atoms with Crippen LogP contribution < -0.4 is 4.74 Å². The Bertz CT molecular complexity index is 892. The SMILES string of the molecule is CC(C)C(=O)COc1ccc2nc1CN(CC(=O)O)CCN(CC(=O)O)CCN(CC(=O)O)C2. The van der Waals surface area contributed by atoms with Crippen LogP contribution in [0.4, 0.5) is 0 Å². The quantitative estimate of drug-likeness (QED) is 0.407. The van der Waals surface area contributed by atoms with E-state index in [0.717, 1.165) is 0 Å². The van der Waals surface area contributed by atoms with Crippen LogP contribution in [0.3, 0.4) is 0 Å². The predicted octanol–water partition coefficient (Wildman–Crippen LogP) is -0.141. The Morgan fingerprint density at radius 3 is 1.88 bits per heavy atom. The molecule has 0 saturated carbocycles. The van der Waals surface area contributed by atoms with E-state index in [1.165, 1.54) is 0 Å². The number of nitrogens with zero attached hydrogens (tertiary/aromatic N) is 4. The van der Waals surface area contributed by atoms with Crippen LogP contribution in [0.1, 0.15) is 25.2 Å². The molecule has 34 heavy (non-hydrogen) atoms. The number of hydrogen-bond acceptors (Lipinski definition) is 9. The lowest BCUT2D eigenvalue weighted by Crippen LogP contribution is -2.44. The van der Waals surface area contributed by atoms with E-state index in [4.69, 9.17) is 4.74 Å². The smallest absolute Gasteiger partial charge is 0.317 e. The number of carboxylic acids is 3. The Morgan fingerprint density at radius 2 is 1.35 bits per heavy atom. The first-order valence-electron chi connectivity index (χ1n) is 11.0. The van der Waals surface area contributed by atoms with Gasteiger partial charge in [-0.3, -0.25) is 38.9 Å². The molecule has 188 valence electrons. The van der Waals surface area contributed by atoms with Crippen LogP contribution in [0.5, 0.6) is 5.75 Å². The van der Waals surface area contributed by atoms with Gasteiger partial charge in [0.2, 0.25) is 0 Å². The number of pyridine rings is 1. The lowest BCUT2D eigenvalue weighted by Gasteiger charge is -2.29. The van der Waals surface area contributed by atoms with Gasteiger partial charge in [-0.25, -0.2) is 0 Å². The highest BCUT2D eigenvalue weighted by Crippen LogP contribution is 2.21. The van der Waals surface area contributed by atoms with Crippen molar-refractivity contribution in [3.8, 4) is 5.75 Å². The van der Waals surface area contributed by atoms with Crippen LogP contribution >= 0.6 is 0 Å². The van der Waals surface area contributed by atoms with Gasteiger partial charge in [-0.2, -0.15) is 0 Å². The number of ether oxygens (including phenoxy) is 1. The zero-order chi connectivity index (χ0) is 25.3. The molecule has 1 aliphatic heterocycles. The number of fused-ring (bicyclic) bond motifs is 2. The Morgan fingerprint density at radius 1 is 0.853 bits per heavy atom. The summed E-state index contributed by atoms with van der Waals surface area (Å²) in [5.74, 6) is -3.04. The van der Waals surface area contributed by atoms with E-state index >= 15 is 0 Å². The molecule has 0 saturated heterocycles. The van der Waals surface area contributed by atoms with Crippen molar-refractivity contribution >= 4 is 23.7 Å². The molecule has 0 fully saturated rings. The van der Waals surface area contributed by atoms with Gasteiger partial charge in [0.05, 0.1) is 31.0 Å². The molecule has 0 unspecified atom stereocenters. The largest absolute Gasteiger partial charge is 0.484 e.